The Bertz CT molecular complexity index is 424. The Balaban J connectivity index is 2.43. The van der Waals surface area contributed by atoms with E-state index in [-0.39, 0.29) is 24.9 Å². The minimum atomic E-state index is -2.85. The lowest BCUT2D eigenvalue weighted by Crippen LogP contribution is -2.40. The molecule has 0 saturated heterocycles. The topological polar surface area (TPSA) is 61.8 Å². The van der Waals surface area contributed by atoms with Gasteiger partial charge in [-0.05, 0) is 24.6 Å². The van der Waals surface area contributed by atoms with Gasteiger partial charge in [0.15, 0.2) is 0 Å². The zero-order valence-electron chi connectivity index (χ0n) is 11.3. The second kappa shape index (κ2) is 7.64. The summed E-state index contributed by atoms with van der Waals surface area (Å²) in [5, 5.41) is 11.8. The van der Waals surface area contributed by atoms with Crippen molar-refractivity contribution in [2.45, 2.75) is 26.2 Å². The first-order valence-electron chi connectivity index (χ1n) is 6.09. The van der Waals surface area contributed by atoms with Gasteiger partial charge in [-0.15, -0.1) is 0 Å². The van der Waals surface area contributed by atoms with Gasteiger partial charge < -0.3 is 20.1 Å². The molecule has 0 saturated carbocycles. The van der Waals surface area contributed by atoms with E-state index in [4.69, 9.17) is 5.11 Å². The number of benzene rings is 1. The van der Waals surface area contributed by atoms with Crippen LogP contribution in [0.15, 0.2) is 24.3 Å². The highest BCUT2D eigenvalue weighted by molar-refractivity contribution is 5.73. The van der Waals surface area contributed by atoms with Crippen LogP contribution in [-0.2, 0) is 6.54 Å². The number of nitrogens with one attached hydrogen (secondary N) is 1. The molecule has 0 heterocycles. The van der Waals surface area contributed by atoms with Crippen molar-refractivity contribution in [2.24, 2.45) is 0 Å². The van der Waals surface area contributed by atoms with Crippen LogP contribution in [0, 0.1) is 0 Å². The summed E-state index contributed by atoms with van der Waals surface area (Å²) in [7, 11) is 1.57. The normalized spacial score (nSPS) is 12.1. The first kappa shape index (κ1) is 16.2. The Morgan fingerprint density at radius 2 is 2.00 bits per heavy atom. The van der Waals surface area contributed by atoms with Gasteiger partial charge in [0.05, 0.1) is 6.10 Å². The number of aliphatic hydroxyl groups is 1. The average molecular weight is 288 g/mol. The Hall–Kier alpha value is -1.89. The number of ether oxygens (including phenoxy) is 1. The maximum absolute atomic E-state index is 12.0. The number of amides is 2. The van der Waals surface area contributed by atoms with Crippen molar-refractivity contribution < 1.29 is 23.4 Å². The van der Waals surface area contributed by atoms with Crippen LogP contribution in [0.5, 0.6) is 5.75 Å². The molecule has 0 aromatic heterocycles. The molecule has 7 heteroatoms. The van der Waals surface area contributed by atoms with Crippen molar-refractivity contribution in [3.8, 4) is 5.75 Å². The van der Waals surface area contributed by atoms with E-state index in [1.165, 1.54) is 17.0 Å². The predicted octanol–water partition coefficient (Wildman–Crippen LogP) is 1.81. The molecule has 0 spiro atoms. The van der Waals surface area contributed by atoms with Gasteiger partial charge in [0, 0.05) is 20.1 Å². The molecule has 1 atom stereocenters. The zero-order chi connectivity index (χ0) is 15.1. The summed E-state index contributed by atoms with van der Waals surface area (Å²) in [5.41, 5.74) is 0.755. The van der Waals surface area contributed by atoms with Crippen LogP contribution < -0.4 is 10.1 Å². The van der Waals surface area contributed by atoms with Gasteiger partial charge in [-0.1, -0.05) is 12.1 Å². The monoisotopic (exact) mass is 288 g/mol. The third kappa shape index (κ3) is 5.83. The molecule has 0 radical (unpaired) electrons. The van der Waals surface area contributed by atoms with Gasteiger partial charge >= 0.3 is 12.6 Å². The van der Waals surface area contributed by atoms with E-state index in [9.17, 15) is 13.6 Å². The summed E-state index contributed by atoms with van der Waals surface area (Å²) in [5.74, 6) is 0.0706. The summed E-state index contributed by atoms with van der Waals surface area (Å²) >= 11 is 0. The number of likely N-dealkylation sites (N-methyl/N-ethyl adjacent to an activating group) is 1. The van der Waals surface area contributed by atoms with Crippen LogP contribution in [0.25, 0.3) is 0 Å². The maximum atomic E-state index is 12.0. The highest BCUT2D eigenvalue weighted by Gasteiger charge is 2.10. The molecule has 2 N–H and O–H groups in total. The lowest BCUT2D eigenvalue weighted by Gasteiger charge is -2.19. The number of carbonyl (C=O) groups is 1. The molecule has 112 valence electrons. The molecule has 5 nitrogen and oxygen atoms in total. The highest BCUT2D eigenvalue weighted by atomic mass is 19.3. The van der Waals surface area contributed by atoms with Gasteiger partial charge in [0.25, 0.3) is 0 Å². The molecule has 0 fully saturated rings. The quantitative estimate of drug-likeness (QED) is 0.839. The van der Waals surface area contributed by atoms with Gasteiger partial charge in [-0.2, -0.15) is 8.78 Å². The molecule has 0 bridgehead atoms. The summed E-state index contributed by atoms with van der Waals surface area (Å²) < 4.78 is 28.1. The number of rotatable bonds is 6. The van der Waals surface area contributed by atoms with Crippen LogP contribution in [0.3, 0.4) is 0 Å². The predicted molar refractivity (Wildman–Crippen MR) is 69.6 cm³/mol. The highest BCUT2D eigenvalue weighted by Crippen LogP contribution is 2.14. The number of halogens is 2. The molecule has 0 unspecified atom stereocenters. The van der Waals surface area contributed by atoms with Crippen LogP contribution in [-0.4, -0.2) is 42.3 Å². The summed E-state index contributed by atoms with van der Waals surface area (Å²) in [6.45, 7) is -0.772. The van der Waals surface area contributed by atoms with E-state index in [1.54, 1.807) is 26.1 Å². The van der Waals surface area contributed by atoms with E-state index in [0.29, 0.717) is 0 Å². The SMILES string of the molecule is C[C@@H](O)CN(C)C(=O)NCc1ccc(OC(F)F)cc1. The van der Waals surface area contributed by atoms with E-state index >= 15 is 0 Å². The van der Waals surface area contributed by atoms with Crippen molar-refractivity contribution >= 4 is 6.03 Å². The van der Waals surface area contributed by atoms with E-state index in [1.807, 2.05) is 0 Å². The van der Waals surface area contributed by atoms with E-state index < -0.39 is 12.7 Å². The average Bonchev–Trinajstić information content (AvgIpc) is 2.36. The van der Waals surface area contributed by atoms with E-state index in [0.717, 1.165) is 5.56 Å². The first-order valence-corrected chi connectivity index (χ1v) is 6.09. The number of hydrogen-bond acceptors (Lipinski definition) is 3. The maximum Gasteiger partial charge on any atom is 0.387 e. The fourth-order valence-corrected chi connectivity index (χ4v) is 1.58. The molecule has 20 heavy (non-hydrogen) atoms. The lowest BCUT2D eigenvalue weighted by atomic mass is 10.2. The Labute approximate surface area is 116 Å². The van der Waals surface area contributed by atoms with Crippen molar-refractivity contribution in [3.05, 3.63) is 29.8 Å². The molecular weight excluding hydrogens is 270 g/mol. The zero-order valence-corrected chi connectivity index (χ0v) is 11.3. The van der Waals surface area contributed by atoms with Gasteiger partial charge in [0.2, 0.25) is 0 Å². The Morgan fingerprint density at radius 1 is 1.40 bits per heavy atom. The van der Waals surface area contributed by atoms with Crippen molar-refractivity contribution in [3.63, 3.8) is 0 Å². The van der Waals surface area contributed by atoms with Gasteiger partial charge in [-0.25, -0.2) is 4.79 Å². The number of alkyl halides is 2. The number of aliphatic hydroxyl groups excluding tert-OH is 1. The second-order valence-electron chi connectivity index (χ2n) is 4.41. The van der Waals surface area contributed by atoms with Crippen LogP contribution >= 0.6 is 0 Å². The summed E-state index contributed by atoms with van der Waals surface area (Å²) in [6, 6.07) is 5.68. The largest absolute Gasteiger partial charge is 0.435 e. The molecule has 0 aliphatic rings. The van der Waals surface area contributed by atoms with Crippen molar-refractivity contribution in [2.75, 3.05) is 13.6 Å². The molecule has 0 aliphatic heterocycles. The molecule has 0 aliphatic carbocycles. The van der Waals surface area contributed by atoms with Crippen molar-refractivity contribution in [1.82, 2.24) is 10.2 Å². The van der Waals surface area contributed by atoms with Crippen molar-refractivity contribution in [1.29, 1.82) is 0 Å². The van der Waals surface area contributed by atoms with Gasteiger partial charge in [0.1, 0.15) is 5.75 Å². The van der Waals surface area contributed by atoms with E-state index in [2.05, 4.69) is 10.1 Å². The number of hydrogen-bond donors (Lipinski definition) is 2. The third-order valence-corrected chi connectivity index (χ3v) is 2.48. The molecular formula is C13H18F2N2O3. The molecule has 1 aromatic carbocycles. The fourth-order valence-electron chi connectivity index (χ4n) is 1.58. The molecule has 1 aromatic rings. The summed E-state index contributed by atoms with van der Waals surface area (Å²) in [6.07, 6.45) is -0.600. The minimum Gasteiger partial charge on any atom is -0.435 e. The number of urea groups is 1. The Morgan fingerprint density at radius 3 is 2.50 bits per heavy atom. The molecule has 2 amide bonds. The van der Waals surface area contributed by atoms with Crippen LogP contribution in [0.2, 0.25) is 0 Å². The first-order chi connectivity index (χ1) is 9.38. The van der Waals surface area contributed by atoms with Crippen LogP contribution in [0.4, 0.5) is 13.6 Å². The number of nitrogens with zero attached hydrogens (tertiary/aromatic N) is 1. The standard InChI is InChI=1S/C13H18F2N2O3/c1-9(18)8-17(2)13(19)16-7-10-3-5-11(6-4-10)20-12(14)15/h3-6,9,12,18H,7-8H2,1-2H3,(H,16,19)/t9-/m1/s1. The second-order valence-corrected chi connectivity index (χ2v) is 4.41. The minimum absolute atomic E-state index is 0.0706. The van der Waals surface area contributed by atoms with Crippen LogP contribution in [0.1, 0.15) is 12.5 Å². The van der Waals surface area contributed by atoms with Gasteiger partial charge in [-0.3, -0.25) is 0 Å². The lowest BCUT2D eigenvalue weighted by molar-refractivity contribution is -0.0498. The summed E-state index contributed by atoms with van der Waals surface area (Å²) in [4.78, 5) is 13.0. The smallest absolute Gasteiger partial charge is 0.387 e. The fraction of sp³-hybridized carbons (Fsp3) is 0.462. The molecule has 1 rings (SSSR count). The number of carbonyl (C=O) groups excluding carboxylic acids is 1. The Kier molecular flexibility index (Phi) is 6.17. The third-order valence-electron chi connectivity index (χ3n) is 2.48.